The molecular formula is C21H22N2O4S. The molecule has 0 spiro atoms. The third-order valence-electron chi connectivity index (χ3n) is 4.34. The lowest BCUT2D eigenvalue weighted by atomic mass is 10.2. The Kier molecular flexibility index (Phi) is 6.26. The van der Waals surface area contributed by atoms with Crippen molar-refractivity contribution >= 4 is 34.3 Å². The van der Waals surface area contributed by atoms with Crippen LogP contribution < -0.4 is 20.3 Å². The molecule has 146 valence electrons. The molecule has 2 aromatic carbocycles. The summed E-state index contributed by atoms with van der Waals surface area (Å²) in [6.07, 6.45) is 0. The topological polar surface area (TPSA) is 69.6 Å². The smallest absolute Gasteiger partial charge is 0.252 e. The molecule has 0 saturated carbocycles. The number of ether oxygens (including phenoxy) is 2. The van der Waals surface area contributed by atoms with Gasteiger partial charge < -0.3 is 19.4 Å². The van der Waals surface area contributed by atoms with Gasteiger partial charge >= 0.3 is 0 Å². The van der Waals surface area contributed by atoms with Gasteiger partial charge in [-0.15, -0.1) is 11.8 Å². The number of methoxy groups -OCH3 is 2. The number of rotatable bonds is 7. The molecule has 1 aromatic heterocycles. The van der Waals surface area contributed by atoms with E-state index >= 15 is 0 Å². The standard InChI is InChI=1S/C21H22N2O4S/c1-4-23-17-8-6-5-7-15(17)19(12-21(23)25)28-13-20(24)22-16-10-9-14(26-2)11-18(16)27-3/h5-12H,4,13H2,1-3H3,(H,22,24). The predicted octanol–water partition coefficient (Wildman–Crippen LogP) is 3.77. The average Bonchev–Trinajstić information content (AvgIpc) is 2.72. The number of nitrogens with one attached hydrogen (secondary N) is 1. The highest BCUT2D eigenvalue weighted by Gasteiger charge is 2.12. The fourth-order valence-electron chi connectivity index (χ4n) is 2.98. The number of amides is 1. The van der Waals surface area contributed by atoms with Crippen molar-refractivity contribution in [3.05, 3.63) is 58.9 Å². The third-order valence-corrected chi connectivity index (χ3v) is 5.39. The Morgan fingerprint density at radius 1 is 1.11 bits per heavy atom. The van der Waals surface area contributed by atoms with Crippen LogP contribution in [0.15, 0.2) is 58.2 Å². The van der Waals surface area contributed by atoms with E-state index in [4.69, 9.17) is 9.47 Å². The van der Waals surface area contributed by atoms with Crippen LogP contribution in [0.3, 0.4) is 0 Å². The maximum Gasteiger partial charge on any atom is 0.252 e. The van der Waals surface area contributed by atoms with Crippen LogP contribution in [0, 0.1) is 0 Å². The van der Waals surface area contributed by atoms with Crippen molar-refractivity contribution < 1.29 is 14.3 Å². The maximum atomic E-state index is 12.5. The highest BCUT2D eigenvalue weighted by atomic mass is 32.2. The zero-order valence-electron chi connectivity index (χ0n) is 16.0. The van der Waals surface area contributed by atoms with Crippen LogP contribution in [0.1, 0.15) is 6.92 Å². The molecule has 3 aromatic rings. The number of aromatic nitrogens is 1. The molecule has 0 aliphatic carbocycles. The Labute approximate surface area is 167 Å². The molecule has 0 atom stereocenters. The first-order valence-corrected chi connectivity index (χ1v) is 9.83. The molecule has 0 unspecified atom stereocenters. The number of carbonyl (C=O) groups is 1. The number of carbonyl (C=O) groups excluding carboxylic acids is 1. The van der Waals surface area contributed by atoms with Gasteiger partial charge in [0.2, 0.25) is 5.91 Å². The summed E-state index contributed by atoms with van der Waals surface area (Å²) in [6, 6.07) is 14.5. The van der Waals surface area contributed by atoms with Crippen LogP contribution in [0.2, 0.25) is 0 Å². The van der Waals surface area contributed by atoms with E-state index in [0.717, 1.165) is 15.8 Å². The van der Waals surface area contributed by atoms with Gasteiger partial charge in [0.1, 0.15) is 11.5 Å². The number of fused-ring (bicyclic) bond motifs is 1. The zero-order chi connectivity index (χ0) is 20.1. The number of thioether (sulfide) groups is 1. The third kappa shape index (κ3) is 4.14. The van der Waals surface area contributed by atoms with Gasteiger partial charge in [-0.25, -0.2) is 0 Å². The van der Waals surface area contributed by atoms with Gasteiger partial charge in [0.05, 0.1) is 31.2 Å². The molecule has 0 radical (unpaired) electrons. The Bertz CT molecular complexity index is 1060. The quantitative estimate of drug-likeness (QED) is 0.614. The number of pyridine rings is 1. The van der Waals surface area contributed by atoms with E-state index in [0.29, 0.717) is 23.7 Å². The van der Waals surface area contributed by atoms with Crippen molar-refractivity contribution in [2.45, 2.75) is 18.4 Å². The zero-order valence-corrected chi connectivity index (χ0v) is 16.8. The number of para-hydroxylation sites is 1. The van der Waals surface area contributed by atoms with Gasteiger partial charge in [0.25, 0.3) is 5.56 Å². The molecule has 0 aliphatic rings. The molecule has 0 fully saturated rings. The van der Waals surface area contributed by atoms with Crippen molar-refractivity contribution in [2.24, 2.45) is 0 Å². The fraction of sp³-hybridized carbons (Fsp3) is 0.238. The van der Waals surface area contributed by atoms with Gasteiger partial charge in [0.15, 0.2) is 0 Å². The molecule has 28 heavy (non-hydrogen) atoms. The molecule has 0 bridgehead atoms. The average molecular weight is 398 g/mol. The van der Waals surface area contributed by atoms with Crippen LogP contribution in [-0.2, 0) is 11.3 Å². The lowest BCUT2D eigenvalue weighted by Crippen LogP contribution is -2.19. The summed E-state index contributed by atoms with van der Waals surface area (Å²) in [6.45, 7) is 2.54. The second kappa shape index (κ2) is 8.84. The number of benzene rings is 2. The maximum absolute atomic E-state index is 12.5. The van der Waals surface area contributed by atoms with Crippen LogP contribution in [-0.4, -0.2) is 30.4 Å². The summed E-state index contributed by atoms with van der Waals surface area (Å²) in [5.41, 5.74) is 1.37. The van der Waals surface area contributed by atoms with E-state index in [1.54, 1.807) is 35.9 Å². The summed E-state index contributed by atoms with van der Waals surface area (Å²) in [7, 11) is 3.11. The van der Waals surface area contributed by atoms with E-state index in [-0.39, 0.29) is 17.2 Å². The summed E-state index contributed by atoms with van der Waals surface area (Å²) < 4.78 is 12.2. The van der Waals surface area contributed by atoms with Crippen LogP contribution >= 0.6 is 11.8 Å². The predicted molar refractivity (Wildman–Crippen MR) is 113 cm³/mol. The Hall–Kier alpha value is -2.93. The number of hydrogen-bond acceptors (Lipinski definition) is 5. The lowest BCUT2D eigenvalue weighted by molar-refractivity contribution is -0.113. The van der Waals surface area contributed by atoms with E-state index in [9.17, 15) is 9.59 Å². The van der Waals surface area contributed by atoms with Crippen LogP contribution in [0.25, 0.3) is 10.9 Å². The van der Waals surface area contributed by atoms with Gasteiger partial charge in [-0.3, -0.25) is 9.59 Å². The number of anilines is 1. The molecule has 7 heteroatoms. The van der Waals surface area contributed by atoms with E-state index < -0.39 is 0 Å². The van der Waals surface area contributed by atoms with E-state index in [1.165, 1.54) is 18.9 Å². The first-order valence-electron chi connectivity index (χ1n) is 8.84. The van der Waals surface area contributed by atoms with Crippen molar-refractivity contribution in [3.63, 3.8) is 0 Å². The second-order valence-electron chi connectivity index (χ2n) is 6.01. The largest absolute Gasteiger partial charge is 0.497 e. The minimum Gasteiger partial charge on any atom is -0.497 e. The molecule has 1 amide bonds. The van der Waals surface area contributed by atoms with Crippen molar-refractivity contribution in [2.75, 3.05) is 25.3 Å². The normalized spacial score (nSPS) is 10.7. The number of hydrogen-bond donors (Lipinski definition) is 1. The van der Waals surface area contributed by atoms with Gasteiger partial charge in [-0.1, -0.05) is 18.2 Å². The summed E-state index contributed by atoms with van der Waals surface area (Å²) in [4.78, 5) is 25.6. The molecule has 3 rings (SSSR count). The number of nitrogens with zero attached hydrogens (tertiary/aromatic N) is 1. The fourth-order valence-corrected chi connectivity index (χ4v) is 3.85. The van der Waals surface area contributed by atoms with Crippen LogP contribution in [0.5, 0.6) is 11.5 Å². The summed E-state index contributed by atoms with van der Waals surface area (Å²) in [5.74, 6) is 1.16. The Balaban J connectivity index is 1.78. The van der Waals surface area contributed by atoms with Crippen molar-refractivity contribution in [1.82, 2.24) is 4.57 Å². The molecule has 0 aliphatic heterocycles. The van der Waals surface area contributed by atoms with Crippen LogP contribution in [0.4, 0.5) is 5.69 Å². The van der Waals surface area contributed by atoms with Gasteiger partial charge in [-0.05, 0) is 25.1 Å². The minimum atomic E-state index is -0.183. The van der Waals surface area contributed by atoms with Gasteiger partial charge in [0, 0.05) is 29.0 Å². The van der Waals surface area contributed by atoms with Crippen molar-refractivity contribution in [3.8, 4) is 11.5 Å². The molecule has 1 N–H and O–H groups in total. The molecule has 1 heterocycles. The first kappa shape index (κ1) is 19.8. The van der Waals surface area contributed by atoms with Gasteiger partial charge in [-0.2, -0.15) is 0 Å². The Morgan fingerprint density at radius 2 is 1.89 bits per heavy atom. The first-order chi connectivity index (χ1) is 13.6. The Morgan fingerprint density at radius 3 is 2.61 bits per heavy atom. The summed E-state index contributed by atoms with van der Waals surface area (Å²) in [5, 5.41) is 3.81. The van der Waals surface area contributed by atoms with E-state index in [2.05, 4.69) is 5.32 Å². The molecule has 0 saturated heterocycles. The van der Waals surface area contributed by atoms with Crippen molar-refractivity contribution in [1.29, 1.82) is 0 Å². The molecule has 6 nitrogen and oxygen atoms in total. The lowest BCUT2D eigenvalue weighted by Gasteiger charge is -2.13. The van der Waals surface area contributed by atoms with E-state index in [1.807, 2.05) is 31.2 Å². The molecular weight excluding hydrogens is 376 g/mol. The second-order valence-corrected chi connectivity index (χ2v) is 7.03. The SMILES string of the molecule is CCn1c(=O)cc(SCC(=O)Nc2ccc(OC)cc2OC)c2ccccc21. The highest BCUT2D eigenvalue weighted by Crippen LogP contribution is 2.30. The monoisotopic (exact) mass is 398 g/mol. The minimum absolute atomic E-state index is 0.0686. The highest BCUT2D eigenvalue weighted by molar-refractivity contribution is 8.00. The number of aryl methyl sites for hydroxylation is 1. The summed E-state index contributed by atoms with van der Waals surface area (Å²) >= 11 is 1.34.